The smallest absolute Gasteiger partial charge is 0.161 e. The lowest BCUT2D eigenvalue weighted by Crippen LogP contribution is -1.90. The molecule has 1 heterocycles. The number of ether oxygens (including phenoxy) is 2. The number of hydrogen-bond donors (Lipinski definition) is 0. The number of methoxy groups -OCH3 is 2. The Hall–Kier alpha value is -1.90. The zero-order valence-electron chi connectivity index (χ0n) is 8.69. The summed E-state index contributed by atoms with van der Waals surface area (Å²) in [6, 6.07) is 7.66. The minimum atomic E-state index is 0.719. The summed E-state index contributed by atoms with van der Waals surface area (Å²) in [6.07, 6.45) is 3.34. The SMILES string of the molecule is COc1ccc(-c2ccoc2)cc1OC. The lowest BCUT2D eigenvalue weighted by atomic mass is 10.1. The predicted molar refractivity (Wildman–Crippen MR) is 57.2 cm³/mol. The zero-order chi connectivity index (χ0) is 10.7. The fourth-order valence-electron chi connectivity index (χ4n) is 1.44. The van der Waals surface area contributed by atoms with Crippen LogP contribution in [0.5, 0.6) is 11.5 Å². The maximum atomic E-state index is 5.22. The normalized spacial score (nSPS) is 10.0. The summed E-state index contributed by atoms with van der Waals surface area (Å²) in [5.74, 6) is 1.45. The van der Waals surface area contributed by atoms with E-state index in [1.807, 2.05) is 24.3 Å². The maximum absolute atomic E-state index is 5.22. The van der Waals surface area contributed by atoms with E-state index in [0.717, 1.165) is 22.6 Å². The summed E-state index contributed by atoms with van der Waals surface area (Å²) in [6.45, 7) is 0. The number of benzene rings is 1. The molecule has 78 valence electrons. The molecule has 0 aliphatic heterocycles. The highest BCUT2D eigenvalue weighted by Gasteiger charge is 2.06. The van der Waals surface area contributed by atoms with Crippen molar-refractivity contribution in [1.82, 2.24) is 0 Å². The number of hydrogen-bond acceptors (Lipinski definition) is 3. The van der Waals surface area contributed by atoms with Crippen LogP contribution in [-0.2, 0) is 0 Å². The molecule has 0 saturated heterocycles. The molecule has 0 aliphatic rings. The van der Waals surface area contributed by atoms with Crippen molar-refractivity contribution in [1.29, 1.82) is 0 Å². The Morgan fingerprint density at radius 3 is 2.33 bits per heavy atom. The van der Waals surface area contributed by atoms with Gasteiger partial charge in [0, 0.05) is 5.56 Å². The molecule has 0 saturated carbocycles. The highest BCUT2D eigenvalue weighted by atomic mass is 16.5. The van der Waals surface area contributed by atoms with Gasteiger partial charge in [0.15, 0.2) is 11.5 Å². The number of furan rings is 1. The highest BCUT2D eigenvalue weighted by molar-refractivity contribution is 5.66. The maximum Gasteiger partial charge on any atom is 0.161 e. The van der Waals surface area contributed by atoms with Crippen LogP contribution in [-0.4, -0.2) is 14.2 Å². The predicted octanol–water partition coefficient (Wildman–Crippen LogP) is 2.96. The highest BCUT2D eigenvalue weighted by Crippen LogP contribution is 2.32. The van der Waals surface area contributed by atoms with Gasteiger partial charge in [-0.1, -0.05) is 6.07 Å². The molecule has 0 fully saturated rings. The van der Waals surface area contributed by atoms with Gasteiger partial charge in [-0.3, -0.25) is 0 Å². The molecule has 0 N–H and O–H groups in total. The molecule has 0 unspecified atom stereocenters. The summed E-state index contributed by atoms with van der Waals surface area (Å²) >= 11 is 0. The van der Waals surface area contributed by atoms with E-state index in [4.69, 9.17) is 13.9 Å². The van der Waals surface area contributed by atoms with Crippen molar-refractivity contribution in [3.05, 3.63) is 36.8 Å². The monoisotopic (exact) mass is 204 g/mol. The molecule has 1 aromatic carbocycles. The summed E-state index contributed by atoms with van der Waals surface area (Å²) in [4.78, 5) is 0. The molecule has 0 bridgehead atoms. The van der Waals surface area contributed by atoms with E-state index in [-0.39, 0.29) is 0 Å². The summed E-state index contributed by atoms with van der Waals surface area (Å²) in [5.41, 5.74) is 2.07. The van der Waals surface area contributed by atoms with Gasteiger partial charge in [-0.2, -0.15) is 0 Å². The van der Waals surface area contributed by atoms with Gasteiger partial charge < -0.3 is 13.9 Å². The van der Waals surface area contributed by atoms with Crippen molar-refractivity contribution in [2.75, 3.05) is 14.2 Å². The molecule has 15 heavy (non-hydrogen) atoms. The van der Waals surface area contributed by atoms with Crippen LogP contribution < -0.4 is 9.47 Å². The van der Waals surface area contributed by atoms with Crippen LogP contribution in [0, 0.1) is 0 Å². The molecule has 0 radical (unpaired) electrons. The van der Waals surface area contributed by atoms with Crippen LogP contribution >= 0.6 is 0 Å². The van der Waals surface area contributed by atoms with Crippen molar-refractivity contribution in [2.24, 2.45) is 0 Å². The van der Waals surface area contributed by atoms with E-state index in [1.165, 1.54) is 0 Å². The van der Waals surface area contributed by atoms with E-state index in [9.17, 15) is 0 Å². The summed E-state index contributed by atoms with van der Waals surface area (Å²) in [7, 11) is 3.24. The summed E-state index contributed by atoms with van der Waals surface area (Å²) < 4.78 is 15.4. The minimum absolute atomic E-state index is 0.719. The third-order valence-electron chi connectivity index (χ3n) is 2.24. The van der Waals surface area contributed by atoms with Crippen LogP contribution in [0.3, 0.4) is 0 Å². The molecule has 0 aliphatic carbocycles. The van der Waals surface area contributed by atoms with Gasteiger partial charge in [-0.25, -0.2) is 0 Å². The van der Waals surface area contributed by atoms with Crippen molar-refractivity contribution < 1.29 is 13.9 Å². The largest absolute Gasteiger partial charge is 0.493 e. The van der Waals surface area contributed by atoms with Crippen LogP contribution in [0.2, 0.25) is 0 Å². The Labute approximate surface area is 88.2 Å². The quantitative estimate of drug-likeness (QED) is 0.770. The lowest BCUT2D eigenvalue weighted by Gasteiger charge is -2.08. The Bertz CT molecular complexity index is 432. The van der Waals surface area contributed by atoms with Crippen LogP contribution in [0.25, 0.3) is 11.1 Å². The first-order chi connectivity index (χ1) is 7.35. The fourth-order valence-corrected chi connectivity index (χ4v) is 1.44. The van der Waals surface area contributed by atoms with E-state index >= 15 is 0 Å². The fraction of sp³-hybridized carbons (Fsp3) is 0.167. The standard InChI is InChI=1S/C12H12O3/c1-13-11-4-3-9(7-12(11)14-2)10-5-6-15-8-10/h3-8H,1-2H3. The molecule has 1 aromatic heterocycles. The molecule has 3 heteroatoms. The van der Waals surface area contributed by atoms with Gasteiger partial charge in [0.05, 0.1) is 26.7 Å². The molecule has 3 nitrogen and oxygen atoms in total. The lowest BCUT2D eigenvalue weighted by molar-refractivity contribution is 0.355. The minimum Gasteiger partial charge on any atom is -0.493 e. The Kier molecular flexibility index (Phi) is 2.63. The second-order valence-corrected chi connectivity index (χ2v) is 3.08. The summed E-state index contributed by atoms with van der Waals surface area (Å²) in [5, 5.41) is 0. The average molecular weight is 204 g/mol. The van der Waals surface area contributed by atoms with E-state index in [2.05, 4.69) is 0 Å². The molecule has 0 spiro atoms. The van der Waals surface area contributed by atoms with Gasteiger partial charge >= 0.3 is 0 Å². The molecular formula is C12H12O3. The molecular weight excluding hydrogens is 192 g/mol. The first-order valence-corrected chi connectivity index (χ1v) is 4.59. The molecule has 0 atom stereocenters. The second-order valence-electron chi connectivity index (χ2n) is 3.08. The third kappa shape index (κ3) is 1.81. The zero-order valence-corrected chi connectivity index (χ0v) is 8.69. The number of rotatable bonds is 3. The Morgan fingerprint density at radius 2 is 1.73 bits per heavy atom. The molecule has 2 rings (SSSR count). The first kappa shape index (κ1) is 9.65. The van der Waals surface area contributed by atoms with Crippen LogP contribution in [0.4, 0.5) is 0 Å². The van der Waals surface area contributed by atoms with E-state index in [0.29, 0.717) is 0 Å². The Balaban J connectivity index is 2.43. The van der Waals surface area contributed by atoms with Crippen molar-refractivity contribution in [3.63, 3.8) is 0 Å². The Morgan fingerprint density at radius 1 is 0.933 bits per heavy atom. The van der Waals surface area contributed by atoms with Gasteiger partial charge in [0.1, 0.15) is 0 Å². The van der Waals surface area contributed by atoms with Gasteiger partial charge in [-0.05, 0) is 23.8 Å². The van der Waals surface area contributed by atoms with Gasteiger partial charge in [0.2, 0.25) is 0 Å². The average Bonchev–Trinajstić information content (AvgIpc) is 2.81. The van der Waals surface area contributed by atoms with E-state index < -0.39 is 0 Å². The van der Waals surface area contributed by atoms with E-state index in [1.54, 1.807) is 26.7 Å². The molecule has 0 amide bonds. The van der Waals surface area contributed by atoms with Crippen molar-refractivity contribution >= 4 is 0 Å². The van der Waals surface area contributed by atoms with Crippen LogP contribution in [0.15, 0.2) is 41.2 Å². The second kappa shape index (κ2) is 4.09. The topological polar surface area (TPSA) is 31.6 Å². The van der Waals surface area contributed by atoms with Gasteiger partial charge in [0.25, 0.3) is 0 Å². The molecule has 2 aromatic rings. The van der Waals surface area contributed by atoms with Crippen LogP contribution in [0.1, 0.15) is 0 Å². The van der Waals surface area contributed by atoms with Crippen molar-refractivity contribution in [2.45, 2.75) is 0 Å². The first-order valence-electron chi connectivity index (χ1n) is 4.59. The third-order valence-corrected chi connectivity index (χ3v) is 2.24. The van der Waals surface area contributed by atoms with Crippen molar-refractivity contribution in [3.8, 4) is 22.6 Å². The van der Waals surface area contributed by atoms with Gasteiger partial charge in [-0.15, -0.1) is 0 Å².